The fourth-order valence-electron chi connectivity index (χ4n) is 3.90. The van der Waals surface area contributed by atoms with E-state index in [2.05, 4.69) is 4.90 Å². The average Bonchev–Trinajstić information content (AvgIpc) is 3.05. The lowest BCUT2D eigenvalue weighted by Crippen LogP contribution is -2.33. The van der Waals surface area contributed by atoms with Crippen LogP contribution in [0, 0.1) is 5.82 Å². The van der Waals surface area contributed by atoms with Gasteiger partial charge >= 0.3 is 0 Å². The third-order valence-corrected chi connectivity index (χ3v) is 6.57. The summed E-state index contributed by atoms with van der Waals surface area (Å²) in [6.07, 6.45) is 3.33. The van der Waals surface area contributed by atoms with Gasteiger partial charge in [0.25, 0.3) is 5.91 Å². The van der Waals surface area contributed by atoms with Crippen LogP contribution < -0.4 is 5.73 Å². The number of hydrogen-bond acceptors (Lipinski definition) is 5. The number of nitrogen functional groups attached to an aromatic ring is 1. The fourth-order valence-corrected chi connectivity index (χ4v) is 5.02. The Morgan fingerprint density at radius 2 is 2.00 bits per heavy atom. The maximum atomic E-state index is 13.2. The zero-order chi connectivity index (χ0) is 20.5. The zero-order valence-electron chi connectivity index (χ0n) is 16.7. The highest BCUT2D eigenvalue weighted by atomic mass is 32.1. The van der Waals surface area contributed by atoms with Gasteiger partial charge in [-0.05, 0) is 49.2 Å². The molecular weight excluding hydrogens is 387 g/mol. The summed E-state index contributed by atoms with van der Waals surface area (Å²) < 4.78 is 13.2. The van der Waals surface area contributed by atoms with E-state index in [4.69, 9.17) is 10.7 Å². The molecule has 2 aromatic heterocycles. The van der Waals surface area contributed by atoms with E-state index in [1.165, 1.54) is 28.4 Å². The van der Waals surface area contributed by atoms with Crippen LogP contribution in [0.4, 0.5) is 10.1 Å². The van der Waals surface area contributed by atoms with Gasteiger partial charge in [-0.3, -0.25) is 9.69 Å². The van der Waals surface area contributed by atoms with Gasteiger partial charge in [-0.1, -0.05) is 18.6 Å². The first kappa shape index (κ1) is 19.8. The Morgan fingerprint density at radius 3 is 2.72 bits per heavy atom. The van der Waals surface area contributed by atoms with E-state index in [-0.39, 0.29) is 17.8 Å². The molecule has 7 heteroatoms. The van der Waals surface area contributed by atoms with Crippen LogP contribution in [-0.2, 0) is 6.54 Å². The van der Waals surface area contributed by atoms with Crippen molar-refractivity contribution in [1.29, 1.82) is 0 Å². The Kier molecular flexibility index (Phi) is 5.52. The number of rotatable bonds is 4. The Labute approximate surface area is 173 Å². The number of nitrogens with two attached hydrogens (primary N) is 1. The van der Waals surface area contributed by atoms with E-state index in [9.17, 15) is 9.18 Å². The standard InChI is InChI=1S/C22H25FN4OS/c1-26(2)22(28)20-19(24)16-10-11-17(25-21(16)29-20)18-5-3-4-12-27(18)13-14-6-8-15(23)9-7-14/h6-11,18H,3-5,12-13,24H2,1-2H3. The zero-order valence-corrected chi connectivity index (χ0v) is 17.5. The number of fused-ring (bicyclic) bond motifs is 1. The minimum Gasteiger partial charge on any atom is -0.397 e. The van der Waals surface area contributed by atoms with E-state index in [1.807, 2.05) is 24.3 Å². The molecule has 3 heterocycles. The lowest BCUT2D eigenvalue weighted by Gasteiger charge is -2.35. The van der Waals surface area contributed by atoms with E-state index >= 15 is 0 Å². The number of aromatic nitrogens is 1. The Morgan fingerprint density at radius 1 is 1.24 bits per heavy atom. The predicted octanol–water partition coefficient (Wildman–Crippen LogP) is 4.45. The largest absolute Gasteiger partial charge is 0.397 e. The lowest BCUT2D eigenvalue weighted by atomic mass is 9.97. The average molecular weight is 413 g/mol. The summed E-state index contributed by atoms with van der Waals surface area (Å²) >= 11 is 1.36. The number of carbonyl (C=O) groups is 1. The van der Waals surface area contributed by atoms with Crippen LogP contribution in [0.1, 0.15) is 46.2 Å². The molecule has 29 heavy (non-hydrogen) atoms. The summed E-state index contributed by atoms with van der Waals surface area (Å²) in [5.41, 5.74) is 8.84. The molecule has 1 unspecified atom stereocenters. The third kappa shape index (κ3) is 3.97. The van der Waals surface area contributed by atoms with Gasteiger partial charge in [-0.15, -0.1) is 11.3 Å². The molecule has 1 amide bonds. The van der Waals surface area contributed by atoms with Gasteiger partial charge in [0.1, 0.15) is 15.5 Å². The van der Waals surface area contributed by atoms with E-state index in [0.717, 1.165) is 53.8 Å². The van der Waals surface area contributed by atoms with Crippen LogP contribution in [0.3, 0.4) is 0 Å². The molecule has 0 bridgehead atoms. The third-order valence-electron chi connectivity index (χ3n) is 5.47. The first-order chi connectivity index (χ1) is 13.9. The molecule has 1 fully saturated rings. The summed E-state index contributed by atoms with van der Waals surface area (Å²) in [6.45, 7) is 1.75. The van der Waals surface area contributed by atoms with Crippen molar-refractivity contribution >= 4 is 33.1 Å². The van der Waals surface area contributed by atoms with Crippen molar-refractivity contribution in [3.63, 3.8) is 0 Å². The number of hydrogen-bond donors (Lipinski definition) is 1. The summed E-state index contributed by atoms with van der Waals surface area (Å²) in [5.74, 6) is -0.308. The van der Waals surface area contributed by atoms with Crippen LogP contribution in [-0.4, -0.2) is 41.3 Å². The Bertz CT molecular complexity index is 1030. The van der Waals surface area contributed by atoms with Gasteiger partial charge < -0.3 is 10.6 Å². The first-order valence-electron chi connectivity index (χ1n) is 9.83. The number of anilines is 1. The van der Waals surface area contributed by atoms with Crippen molar-refractivity contribution in [3.05, 3.63) is 58.3 Å². The molecule has 2 N–H and O–H groups in total. The van der Waals surface area contributed by atoms with Gasteiger partial charge in [0, 0.05) is 26.0 Å². The molecule has 1 atom stereocenters. The molecule has 1 saturated heterocycles. The van der Waals surface area contributed by atoms with Crippen LogP contribution in [0.5, 0.6) is 0 Å². The molecule has 0 radical (unpaired) electrons. The molecule has 0 saturated carbocycles. The number of amides is 1. The SMILES string of the molecule is CN(C)C(=O)c1sc2nc(C3CCCCN3Cc3ccc(F)cc3)ccc2c1N. The number of thiophene rings is 1. The predicted molar refractivity (Wildman–Crippen MR) is 115 cm³/mol. The van der Waals surface area contributed by atoms with Crippen molar-refractivity contribution in [3.8, 4) is 0 Å². The van der Waals surface area contributed by atoms with Crippen LogP contribution in [0.25, 0.3) is 10.2 Å². The lowest BCUT2D eigenvalue weighted by molar-refractivity contribution is 0.0833. The normalized spacial score (nSPS) is 17.6. The maximum absolute atomic E-state index is 13.2. The number of nitrogens with zero attached hydrogens (tertiary/aromatic N) is 3. The minimum absolute atomic E-state index is 0.0948. The second-order valence-corrected chi connectivity index (χ2v) is 8.74. The minimum atomic E-state index is -0.213. The van der Waals surface area contributed by atoms with E-state index in [1.54, 1.807) is 14.1 Å². The number of carbonyl (C=O) groups excluding carboxylic acids is 1. The van der Waals surface area contributed by atoms with E-state index in [0.29, 0.717) is 10.6 Å². The maximum Gasteiger partial charge on any atom is 0.265 e. The van der Waals surface area contributed by atoms with Gasteiger partial charge in [-0.25, -0.2) is 9.37 Å². The number of likely N-dealkylation sites (tertiary alicyclic amines) is 1. The monoisotopic (exact) mass is 412 g/mol. The van der Waals surface area contributed by atoms with E-state index < -0.39 is 0 Å². The molecule has 1 aromatic carbocycles. The topological polar surface area (TPSA) is 62.5 Å². The van der Waals surface area contributed by atoms with Gasteiger partial charge in [0.15, 0.2) is 0 Å². The summed E-state index contributed by atoms with van der Waals surface area (Å²) in [4.78, 5) is 22.6. The van der Waals surface area contributed by atoms with Crippen molar-refractivity contribution in [2.75, 3.05) is 26.4 Å². The molecule has 3 aromatic rings. The fraction of sp³-hybridized carbons (Fsp3) is 0.364. The highest BCUT2D eigenvalue weighted by Gasteiger charge is 2.26. The summed E-state index contributed by atoms with van der Waals surface area (Å²) in [5, 5.41) is 0.838. The highest BCUT2D eigenvalue weighted by Crippen LogP contribution is 2.37. The van der Waals surface area contributed by atoms with Crippen LogP contribution >= 0.6 is 11.3 Å². The van der Waals surface area contributed by atoms with Gasteiger partial charge in [-0.2, -0.15) is 0 Å². The first-order valence-corrected chi connectivity index (χ1v) is 10.6. The highest BCUT2D eigenvalue weighted by molar-refractivity contribution is 7.21. The Balaban J connectivity index is 1.64. The van der Waals surface area contributed by atoms with Crippen molar-refractivity contribution < 1.29 is 9.18 Å². The number of piperidine rings is 1. The molecule has 4 rings (SSSR count). The molecule has 1 aliphatic rings. The van der Waals surface area contributed by atoms with Crippen molar-refractivity contribution in [1.82, 2.24) is 14.8 Å². The van der Waals surface area contributed by atoms with Crippen molar-refractivity contribution in [2.45, 2.75) is 31.8 Å². The second kappa shape index (κ2) is 8.08. The smallest absolute Gasteiger partial charge is 0.265 e. The van der Waals surface area contributed by atoms with Gasteiger partial charge in [0.05, 0.1) is 17.4 Å². The quantitative estimate of drug-likeness (QED) is 0.688. The summed E-state index contributed by atoms with van der Waals surface area (Å²) in [6, 6.07) is 10.9. The van der Waals surface area contributed by atoms with Crippen LogP contribution in [0.2, 0.25) is 0 Å². The second-order valence-electron chi connectivity index (χ2n) is 7.74. The Hall–Kier alpha value is -2.51. The molecule has 5 nitrogen and oxygen atoms in total. The molecule has 0 spiro atoms. The molecule has 1 aliphatic heterocycles. The van der Waals surface area contributed by atoms with Crippen LogP contribution in [0.15, 0.2) is 36.4 Å². The number of benzene rings is 1. The van der Waals surface area contributed by atoms with Gasteiger partial charge in [0.2, 0.25) is 0 Å². The molecule has 152 valence electrons. The molecular formula is C22H25FN4OS. The summed E-state index contributed by atoms with van der Waals surface area (Å²) in [7, 11) is 3.45. The van der Waals surface area contributed by atoms with Crippen molar-refractivity contribution in [2.24, 2.45) is 0 Å². The molecule has 0 aliphatic carbocycles. The number of halogens is 1. The number of pyridine rings is 1.